The number of rotatable bonds is 5. The highest BCUT2D eigenvalue weighted by Crippen LogP contribution is 2.41. The van der Waals surface area contributed by atoms with Crippen molar-refractivity contribution in [3.05, 3.63) is 53.2 Å². The van der Waals surface area contributed by atoms with Gasteiger partial charge in [0, 0.05) is 37.5 Å². The predicted molar refractivity (Wildman–Crippen MR) is 118 cm³/mol. The monoisotopic (exact) mass is 530 g/mol. The molecular formula is C25H24F6N2O4. The summed E-state index contributed by atoms with van der Waals surface area (Å²) in [5.74, 6) is -0.529. The van der Waals surface area contributed by atoms with Crippen LogP contribution >= 0.6 is 0 Å². The Bertz CT molecular complexity index is 1120. The number of halogens is 6. The van der Waals surface area contributed by atoms with Crippen LogP contribution < -0.4 is 9.64 Å². The Morgan fingerprint density at radius 2 is 1.62 bits per heavy atom. The normalized spacial score (nSPS) is 25.8. The van der Waals surface area contributed by atoms with Crippen LogP contribution in [0.2, 0.25) is 0 Å². The van der Waals surface area contributed by atoms with E-state index in [4.69, 9.17) is 14.2 Å². The summed E-state index contributed by atoms with van der Waals surface area (Å²) in [5, 5.41) is 0. The Kier molecular flexibility index (Phi) is 6.71. The quantitative estimate of drug-likeness (QED) is 0.350. The first-order valence-corrected chi connectivity index (χ1v) is 12.0. The number of anilines is 1. The smallest absolute Gasteiger partial charge is 0.417 e. The van der Waals surface area contributed by atoms with Gasteiger partial charge in [-0.05, 0) is 49.6 Å². The maximum atomic E-state index is 13.3. The summed E-state index contributed by atoms with van der Waals surface area (Å²) in [7, 11) is 0. The summed E-state index contributed by atoms with van der Waals surface area (Å²) < 4.78 is 95.3. The van der Waals surface area contributed by atoms with Crippen molar-refractivity contribution in [1.29, 1.82) is 0 Å². The van der Waals surface area contributed by atoms with E-state index in [2.05, 4.69) is 4.98 Å². The van der Waals surface area contributed by atoms with Gasteiger partial charge >= 0.3 is 18.3 Å². The molecule has 2 bridgehead atoms. The van der Waals surface area contributed by atoms with Crippen molar-refractivity contribution < 1.29 is 45.3 Å². The van der Waals surface area contributed by atoms with Gasteiger partial charge in [-0.25, -0.2) is 9.78 Å². The number of esters is 1. The number of carbonyl (C=O) groups excluding carboxylic acids is 1. The maximum absolute atomic E-state index is 13.3. The molecule has 6 nitrogen and oxygen atoms in total. The average Bonchev–Trinajstić information content (AvgIpc) is 3.43. The van der Waals surface area contributed by atoms with E-state index in [9.17, 15) is 31.1 Å². The van der Waals surface area contributed by atoms with Crippen LogP contribution in [0.5, 0.6) is 5.75 Å². The lowest BCUT2D eigenvalue weighted by Gasteiger charge is -2.40. The van der Waals surface area contributed by atoms with Crippen molar-refractivity contribution in [3.63, 3.8) is 0 Å². The van der Waals surface area contributed by atoms with Gasteiger partial charge < -0.3 is 19.1 Å². The number of benzene rings is 1. The number of pyridine rings is 1. The molecule has 3 aliphatic heterocycles. The number of alkyl halides is 6. The standard InChI is InChI=1S/C25H24F6N2O4/c26-24(27,28)14-3-7-20(19(10-14)23(34)37-22-2-1-9-35-22)36-18-11-16-5-6-17(12-18)33(16)21-8-4-15(13-32-21)25(29,30)31/h3-4,7-8,10,13,16-18,22H,1-2,5-6,9,11-12H2. The number of ether oxygens (including phenoxy) is 3. The Hall–Kier alpha value is -3.02. The first-order chi connectivity index (χ1) is 17.5. The number of carbonyl (C=O) groups is 1. The lowest BCUT2D eigenvalue weighted by Crippen LogP contribution is -2.47. The molecule has 0 aliphatic carbocycles. The molecule has 4 heterocycles. The van der Waals surface area contributed by atoms with Gasteiger partial charge in [0.05, 0.1) is 17.7 Å². The second kappa shape index (κ2) is 9.70. The molecule has 1 aromatic heterocycles. The van der Waals surface area contributed by atoms with Crippen LogP contribution in [-0.2, 0) is 21.8 Å². The SMILES string of the molecule is O=C(OC1CCCO1)c1cc(C(F)(F)F)ccc1OC1CC2CCC(C1)N2c1ccc(C(F)(F)F)cn1. The summed E-state index contributed by atoms with van der Waals surface area (Å²) in [6, 6.07) is 4.93. The minimum Gasteiger partial charge on any atom is -0.489 e. The number of fused-ring (bicyclic) bond motifs is 2. The molecule has 0 saturated carbocycles. The zero-order valence-electron chi connectivity index (χ0n) is 19.5. The van der Waals surface area contributed by atoms with Gasteiger partial charge in [-0.15, -0.1) is 0 Å². The molecule has 3 unspecified atom stereocenters. The van der Waals surface area contributed by atoms with Gasteiger partial charge in [0.1, 0.15) is 23.2 Å². The van der Waals surface area contributed by atoms with Gasteiger partial charge in [0.2, 0.25) is 6.29 Å². The topological polar surface area (TPSA) is 60.9 Å². The van der Waals surface area contributed by atoms with Crippen LogP contribution in [0.15, 0.2) is 36.5 Å². The average molecular weight is 530 g/mol. The zero-order valence-corrected chi connectivity index (χ0v) is 19.5. The highest BCUT2D eigenvalue weighted by molar-refractivity contribution is 5.93. The van der Waals surface area contributed by atoms with Crippen molar-refractivity contribution in [2.24, 2.45) is 0 Å². The van der Waals surface area contributed by atoms with Crippen LogP contribution in [0.3, 0.4) is 0 Å². The molecule has 37 heavy (non-hydrogen) atoms. The van der Waals surface area contributed by atoms with Crippen molar-refractivity contribution in [2.45, 2.75) is 75.4 Å². The molecule has 12 heteroatoms. The highest BCUT2D eigenvalue weighted by atomic mass is 19.4. The molecule has 3 saturated heterocycles. The van der Waals surface area contributed by atoms with E-state index in [1.54, 1.807) is 0 Å². The molecular weight excluding hydrogens is 506 g/mol. The molecule has 0 spiro atoms. The number of aromatic nitrogens is 1. The molecule has 5 rings (SSSR count). The lowest BCUT2D eigenvalue weighted by atomic mass is 9.99. The van der Waals surface area contributed by atoms with E-state index in [1.165, 1.54) is 6.07 Å². The zero-order chi connectivity index (χ0) is 26.4. The second-order valence-electron chi connectivity index (χ2n) is 9.46. The van der Waals surface area contributed by atoms with E-state index >= 15 is 0 Å². The molecule has 1 aromatic carbocycles. The van der Waals surface area contributed by atoms with E-state index in [0.29, 0.717) is 38.1 Å². The third-order valence-electron chi connectivity index (χ3n) is 6.98. The van der Waals surface area contributed by atoms with Gasteiger partial charge in [0.15, 0.2) is 0 Å². The van der Waals surface area contributed by atoms with Crippen LogP contribution in [0, 0.1) is 0 Å². The number of hydrogen-bond donors (Lipinski definition) is 0. The summed E-state index contributed by atoms with van der Waals surface area (Å²) in [6.07, 6.45) is -5.92. The largest absolute Gasteiger partial charge is 0.489 e. The van der Waals surface area contributed by atoms with Crippen molar-refractivity contribution >= 4 is 11.8 Å². The van der Waals surface area contributed by atoms with Gasteiger partial charge in [-0.1, -0.05) is 0 Å². The molecule has 0 N–H and O–H groups in total. The Balaban J connectivity index is 1.33. The van der Waals surface area contributed by atoms with E-state index in [1.807, 2.05) is 4.90 Å². The Labute approximate surface area is 208 Å². The minimum absolute atomic E-state index is 0.0125. The van der Waals surface area contributed by atoms with Crippen molar-refractivity contribution in [3.8, 4) is 5.75 Å². The summed E-state index contributed by atoms with van der Waals surface area (Å²) in [6.45, 7) is 0.402. The molecule has 0 radical (unpaired) electrons. The molecule has 3 atom stereocenters. The first-order valence-electron chi connectivity index (χ1n) is 12.0. The van der Waals surface area contributed by atoms with Crippen LogP contribution in [0.25, 0.3) is 0 Å². The molecule has 3 aliphatic rings. The minimum atomic E-state index is -4.66. The van der Waals surface area contributed by atoms with Crippen molar-refractivity contribution in [2.75, 3.05) is 11.5 Å². The third-order valence-corrected chi connectivity index (χ3v) is 6.98. The Morgan fingerprint density at radius 1 is 0.946 bits per heavy atom. The van der Waals surface area contributed by atoms with Gasteiger partial charge in [-0.2, -0.15) is 26.3 Å². The lowest BCUT2D eigenvalue weighted by molar-refractivity contribution is -0.138. The van der Waals surface area contributed by atoms with Crippen LogP contribution in [-0.4, -0.2) is 42.0 Å². The maximum Gasteiger partial charge on any atom is 0.417 e. The molecule has 2 aromatic rings. The summed E-state index contributed by atoms with van der Waals surface area (Å²) >= 11 is 0. The van der Waals surface area contributed by atoms with Gasteiger partial charge in [-0.3, -0.25) is 0 Å². The van der Waals surface area contributed by atoms with Gasteiger partial charge in [0.25, 0.3) is 0 Å². The number of piperidine rings is 1. The van der Waals surface area contributed by atoms with Crippen LogP contribution in [0.4, 0.5) is 32.2 Å². The van der Waals surface area contributed by atoms with E-state index in [-0.39, 0.29) is 23.4 Å². The van der Waals surface area contributed by atoms with Crippen molar-refractivity contribution in [1.82, 2.24) is 4.98 Å². The fraction of sp³-hybridized carbons (Fsp3) is 0.520. The first kappa shape index (κ1) is 25.6. The Morgan fingerprint density at radius 3 is 2.19 bits per heavy atom. The number of nitrogens with zero attached hydrogens (tertiary/aromatic N) is 2. The predicted octanol–water partition coefficient (Wildman–Crippen LogP) is 5.99. The molecule has 0 amide bonds. The molecule has 3 fully saturated rings. The van der Waals surface area contributed by atoms with Crippen LogP contribution in [0.1, 0.15) is 60.0 Å². The highest BCUT2D eigenvalue weighted by Gasteiger charge is 2.43. The third kappa shape index (κ3) is 5.48. The fourth-order valence-electron chi connectivity index (χ4n) is 5.28. The summed E-state index contributed by atoms with van der Waals surface area (Å²) in [5.41, 5.74) is -2.15. The number of hydrogen-bond acceptors (Lipinski definition) is 6. The van der Waals surface area contributed by atoms with E-state index < -0.39 is 41.8 Å². The fourth-order valence-corrected chi connectivity index (χ4v) is 5.28. The van der Waals surface area contributed by atoms with E-state index in [0.717, 1.165) is 43.3 Å². The molecule has 200 valence electrons. The second-order valence-corrected chi connectivity index (χ2v) is 9.46. The summed E-state index contributed by atoms with van der Waals surface area (Å²) in [4.78, 5) is 18.8.